The normalized spacial score (nSPS) is 37.4. The molecule has 0 aromatic carbocycles. The van der Waals surface area contributed by atoms with Gasteiger partial charge in [-0.2, -0.15) is 0 Å². The quantitative estimate of drug-likeness (QED) is 0.570. The maximum Gasteiger partial charge on any atom is 0.0164 e. The van der Waals surface area contributed by atoms with Crippen LogP contribution >= 0.6 is 0 Å². The van der Waals surface area contributed by atoms with Crippen LogP contribution in [-0.2, 0) is 21.7 Å². The van der Waals surface area contributed by atoms with Gasteiger partial charge in [-0.25, -0.2) is 0 Å². The van der Waals surface area contributed by atoms with Gasteiger partial charge in [0.25, 0.3) is 0 Å². The number of hydrogen-bond acceptors (Lipinski definition) is 3. The van der Waals surface area contributed by atoms with Gasteiger partial charge < -0.3 is 21.3 Å². The molecule has 0 spiro atoms. The summed E-state index contributed by atoms with van der Waals surface area (Å²) in [4.78, 5) is 0. The van der Waals surface area contributed by atoms with Crippen LogP contribution in [-0.4, -0.2) is 50.3 Å². The van der Waals surface area contributed by atoms with Gasteiger partial charge in [0.05, 0.1) is 0 Å². The van der Waals surface area contributed by atoms with E-state index in [9.17, 15) is 0 Å². The molecule has 0 amide bonds. The summed E-state index contributed by atoms with van der Waals surface area (Å²) in [6.45, 7) is 12.7. The first-order valence-corrected chi connectivity index (χ1v) is 6.44. The van der Waals surface area contributed by atoms with Crippen LogP contribution in [0.5, 0.6) is 0 Å². The number of hydrogen-bond donors (Lipinski definition) is 3. The average Bonchev–Trinajstić information content (AvgIpc) is 2.27. The van der Waals surface area contributed by atoms with Crippen molar-refractivity contribution in [1.29, 1.82) is 0 Å². The van der Waals surface area contributed by atoms with Gasteiger partial charge in [0, 0.05) is 46.9 Å². The molecule has 1 fully saturated rings. The minimum Gasteiger partial charge on any atom is -0.657 e. The fourth-order valence-electron chi connectivity index (χ4n) is 1.74. The molecule has 3 N–H and O–H groups in total. The second-order valence-corrected chi connectivity index (χ2v) is 5.14. The molecule has 100 valence electrons. The van der Waals surface area contributed by atoms with E-state index in [4.69, 9.17) is 0 Å². The van der Waals surface area contributed by atoms with Gasteiger partial charge in [-0.3, -0.25) is 0 Å². The molecule has 1 rings (SSSR count). The third-order valence-electron chi connectivity index (χ3n) is 3.00. The summed E-state index contributed by atoms with van der Waals surface area (Å²) >= 11 is 0. The van der Waals surface area contributed by atoms with E-state index in [1.165, 1.54) is 0 Å². The molecule has 4 atom stereocenters. The molecule has 4 nitrogen and oxygen atoms in total. The second-order valence-electron chi connectivity index (χ2n) is 5.14. The van der Waals surface area contributed by atoms with E-state index < -0.39 is 0 Å². The predicted molar refractivity (Wildman–Crippen MR) is 70.1 cm³/mol. The molecule has 0 radical (unpaired) electrons. The third kappa shape index (κ3) is 8.30. The van der Waals surface area contributed by atoms with Crippen molar-refractivity contribution in [2.24, 2.45) is 0 Å². The zero-order chi connectivity index (χ0) is 12.0. The Bertz CT molecular complexity index is 135. The number of nitrogens with zero attached hydrogens (tertiary/aromatic N) is 1. The van der Waals surface area contributed by atoms with Gasteiger partial charge in [0.15, 0.2) is 0 Å². The molecule has 1 heterocycles. The average molecular weight is 275 g/mol. The largest absolute Gasteiger partial charge is 0.657 e. The molecule has 0 aliphatic carbocycles. The van der Waals surface area contributed by atoms with Crippen LogP contribution in [0.1, 0.15) is 27.7 Å². The smallest absolute Gasteiger partial charge is 0.0164 e. The van der Waals surface area contributed by atoms with E-state index in [-0.39, 0.29) is 21.7 Å². The third-order valence-corrected chi connectivity index (χ3v) is 3.00. The first kappa shape index (κ1) is 17.6. The minimum atomic E-state index is 0. The van der Waals surface area contributed by atoms with Crippen molar-refractivity contribution in [3.63, 3.8) is 0 Å². The summed E-state index contributed by atoms with van der Waals surface area (Å²) in [5.74, 6) is 0. The summed E-state index contributed by atoms with van der Waals surface area (Å²) in [6.07, 6.45) is 0. The van der Waals surface area contributed by atoms with Crippen LogP contribution in [0.3, 0.4) is 0 Å². The molecule has 0 saturated carbocycles. The maximum atomic E-state index is 4.65. The van der Waals surface area contributed by atoms with Gasteiger partial charge in [0.2, 0.25) is 0 Å². The SMILES string of the molecule is CC1CNC(C)CNC(C)CNC(C)C[N-]1.[Ti]. The minimum absolute atomic E-state index is 0. The molecular weight excluding hydrogens is 248 g/mol. The Morgan fingerprint density at radius 2 is 1.24 bits per heavy atom. The van der Waals surface area contributed by atoms with Crippen molar-refractivity contribution in [2.45, 2.75) is 51.9 Å². The van der Waals surface area contributed by atoms with Crippen molar-refractivity contribution in [1.82, 2.24) is 16.0 Å². The molecular formula is C12H27N4Ti-. The van der Waals surface area contributed by atoms with E-state index in [1.54, 1.807) is 0 Å². The van der Waals surface area contributed by atoms with Crippen molar-refractivity contribution >= 4 is 0 Å². The zero-order valence-electron chi connectivity index (χ0n) is 11.6. The van der Waals surface area contributed by atoms with Gasteiger partial charge >= 0.3 is 0 Å². The van der Waals surface area contributed by atoms with Crippen LogP contribution in [0.2, 0.25) is 0 Å². The van der Waals surface area contributed by atoms with Gasteiger partial charge in [-0.05, 0) is 26.4 Å². The van der Waals surface area contributed by atoms with Crippen LogP contribution in [0.25, 0.3) is 5.32 Å². The van der Waals surface area contributed by atoms with Gasteiger partial charge in [0.1, 0.15) is 0 Å². The Morgan fingerprint density at radius 3 is 1.82 bits per heavy atom. The Balaban J connectivity index is 0.00000256. The topological polar surface area (TPSA) is 50.2 Å². The van der Waals surface area contributed by atoms with Crippen molar-refractivity contribution < 1.29 is 21.7 Å². The van der Waals surface area contributed by atoms with E-state index >= 15 is 0 Å². The van der Waals surface area contributed by atoms with Crippen molar-refractivity contribution in [2.75, 3.05) is 26.2 Å². The molecule has 1 aliphatic heterocycles. The van der Waals surface area contributed by atoms with Gasteiger partial charge in [-0.15, -0.1) is 12.6 Å². The molecule has 0 aromatic rings. The molecule has 4 unspecified atom stereocenters. The summed E-state index contributed by atoms with van der Waals surface area (Å²) in [6, 6.07) is 1.91. The van der Waals surface area contributed by atoms with E-state index in [2.05, 4.69) is 49.0 Å². The fraction of sp³-hybridized carbons (Fsp3) is 1.00. The van der Waals surface area contributed by atoms with Crippen LogP contribution in [0.15, 0.2) is 0 Å². The summed E-state index contributed by atoms with van der Waals surface area (Å²) in [5, 5.41) is 15.2. The Hall–Kier alpha value is 0.554. The van der Waals surface area contributed by atoms with Crippen LogP contribution in [0.4, 0.5) is 0 Å². The number of nitrogens with one attached hydrogen (secondary N) is 3. The summed E-state index contributed by atoms with van der Waals surface area (Å²) in [5.41, 5.74) is 0. The summed E-state index contributed by atoms with van der Waals surface area (Å²) in [7, 11) is 0. The summed E-state index contributed by atoms with van der Waals surface area (Å²) < 4.78 is 0. The van der Waals surface area contributed by atoms with E-state index in [0.29, 0.717) is 24.2 Å². The molecule has 0 bridgehead atoms. The number of rotatable bonds is 0. The van der Waals surface area contributed by atoms with E-state index in [0.717, 1.165) is 26.2 Å². The fourth-order valence-corrected chi connectivity index (χ4v) is 1.74. The molecule has 17 heavy (non-hydrogen) atoms. The predicted octanol–water partition coefficient (Wildman–Crippen LogP) is 0.694. The zero-order valence-corrected chi connectivity index (χ0v) is 13.1. The molecule has 1 saturated heterocycles. The molecule has 0 aromatic heterocycles. The molecule has 5 heteroatoms. The Morgan fingerprint density at radius 1 is 0.765 bits per heavy atom. The molecule has 1 aliphatic rings. The van der Waals surface area contributed by atoms with Gasteiger partial charge in [-0.1, -0.05) is 13.8 Å². The van der Waals surface area contributed by atoms with E-state index in [1.807, 2.05) is 0 Å². The second kappa shape index (κ2) is 9.48. The maximum absolute atomic E-state index is 4.65. The first-order chi connectivity index (χ1) is 7.58. The van der Waals surface area contributed by atoms with Crippen LogP contribution < -0.4 is 16.0 Å². The van der Waals surface area contributed by atoms with Crippen molar-refractivity contribution in [3.05, 3.63) is 5.32 Å². The van der Waals surface area contributed by atoms with Crippen molar-refractivity contribution in [3.8, 4) is 0 Å². The monoisotopic (exact) mass is 275 g/mol. The Labute approximate surface area is 121 Å². The first-order valence-electron chi connectivity index (χ1n) is 6.44. The standard InChI is InChI=1S/C12H27N4.Ti/c1-9-5-14-11(3)7-16-12(4)8-15-10(2)6-13-9;/h9-15H,5-8H2,1-4H3;/q-1;. The Kier molecular flexibility index (Phi) is 9.79. The van der Waals surface area contributed by atoms with Crippen LogP contribution in [0, 0.1) is 0 Å².